The van der Waals surface area contributed by atoms with E-state index in [1.54, 1.807) is 12.1 Å². The van der Waals surface area contributed by atoms with Crippen LogP contribution < -0.4 is 10.6 Å². The maximum Gasteiger partial charge on any atom is 0.177 e. The van der Waals surface area contributed by atoms with Gasteiger partial charge in [-0.05, 0) is 44.0 Å². The molecule has 4 nitrogen and oxygen atoms in total. The molecule has 0 saturated carbocycles. The smallest absolute Gasteiger partial charge is 0.177 e. The molecule has 1 aliphatic heterocycles. The molecule has 0 radical (unpaired) electrons. The fraction of sp³-hybridized carbons (Fsp3) is 0.538. The van der Waals surface area contributed by atoms with Crippen LogP contribution >= 0.6 is 0 Å². The third-order valence-corrected chi connectivity index (χ3v) is 4.47. The summed E-state index contributed by atoms with van der Waals surface area (Å²) in [4.78, 5) is 0.384. The molecule has 18 heavy (non-hydrogen) atoms. The van der Waals surface area contributed by atoms with Gasteiger partial charge in [0.2, 0.25) is 0 Å². The van der Waals surface area contributed by atoms with E-state index in [1.165, 1.54) is 12.7 Å². The van der Waals surface area contributed by atoms with Gasteiger partial charge in [0, 0.05) is 12.8 Å². The van der Waals surface area contributed by atoms with Gasteiger partial charge in [0.15, 0.2) is 9.84 Å². The Bertz CT molecular complexity index is 493. The predicted molar refractivity (Wildman–Crippen MR) is 73.6 cm³/mol. The van der Waals surface area contributed by atoms with Crippen molar-refractivity contribution in [2.75, 3.05) is 31.2 Å². The van der Waals surface area contributed by atoms with Gasteiger partial charge in [0.25, 0.3) is 0 Å². The van der Waals surface area contributed by atoms with Crippen molar-refractivity contribution in [3.05, 3.63) is 24.3 Å². The normalized spacial score (nSPS) is 19.9. The lowest BCUT2D eigenvalue weighted by Crippen LogP contribution is -2.13. The van der Waals surface area contributed by atoms with E-state index in [1.807, 2.05) is 12.1 Å². The lowest BCUT2D eigenvalue weighted by atomic mass is 10.1. The molecule has 2 rings (SSSR count). The molecule has 1 fully saturated rings. The number of anilines is 1. The zero-order chi connectivity index (χ0) is 13.0. The Labute approximate surface area is 109 Å². The summed E-state index contributed by atoms with van der Waals surface area (Å²) in [5.41, 5.74) is 0.714. The largest absolute Gasteiger partial charge is 0.384 e. The number of para-hydroxylation sites is 1. The zero-order valence-electron chi connectivity index (χ0n) is 10.6. The minimum Gasteiger partial charge on any atom is -0.384 e. The lowest BCUT2D eigenvalue weighted by Gasteiger charge is -2.12. The van der Waals surface area contributed by atoms with E-state index in [0.717, 1.165) is 26.1 Å². The van der Waals surface area contributed by atoms with Crippen molar-refractivity contribution in [3.8, 4) is 0 Å². The summed E-state index contributed by atoms with van der Waals surface area (Å²) in [6.45, 7) is 3.00. The van der Waals surface area contributed by atoms with Crippen LogP contribution in [0.25, 0.3) is 0 Å². The Hall–Kier alpha value is -1.07. The number of sulfone groups is 1. The molecule has 2 N–H and O–H groups in total. The van der Waals surface area contributed by atoms with Gasteiger partial charge in [-0.3, -0.25) is 0 Å². The summed E-state index contributed by atoms with van der Waals surface area (Å²) < 4.78 is 23.2. The molecule has 0 bridgehead atoms. The summed E-state index contributed by atoms with van der Waals surface area (Å²) in [6.07, 6.45) is 3.54. The number of benzene rings is 1. The second-order valence-corrected chi connectivity index (χ2v) is 6.83. The quantitative estimate of drug-likeness (QED) is 0.849. The molecule has 0 aliphatic carbocycles. The third kappa shape index (κ3) is 3.46. The number of hydrogen-bond acceptors (Lipinski definition) is 4. The Kier molecular flexibility index (Phi) is 4.24. The number of rotatable bonds is 5. The van der Waals surface area contributed by atoms with Crippen LogP contribution in [0.3, 0.4) is 0 Å². The van der Waals surface area contributed by atoms with Gasteiger partial charge < -0.3 is 10.6 Å². The van der Waals surface area contributed by atoms with Gasteiger partial charge in [-0.2, -0.15) is 0 Å². The van der Waals surface area contributed by atoms with Crippen molar-refractivity contribution in [2.24, 2.45) is 5.92 Å². The van der Waals surface area contributed by atoms with Crippen molar-refractivity contribution < 1.29 is 8.42 Å². The first-order chi connectivity index (χ1) is 8.57. The molecule has 1 aromatic carbocycles. The van der Waals surface area contributed by atoms with E-state index in [9.17, 15) is 8.42 Å². The molecular formula is C13H20N2O2S. The van der Waals surface area contributed by atoms with Crippen molar-refractivity contribution >= 4 is 15.5 Å². The average Bonchev–Trinajstić information content (AvgIpc) is 2.81. The van der Waals surface area contributed by atoms with E-state index >= 15 is 0 Å². The van der Waals surface area contributed by atoms with Gasteiger partial charge >= 0.3 is 0 Å². The maximum absolute atomic E-state index is 11.6. The molecule has 0 amide bonds. The molecule has 1 unspecified atom stereocenters. The lowest BCUT2D eigenvalue weighted by molar-refractivity contribution is 0.549. The summed E-state index contributed by atoms with van der Waals surface area (Å²) >= 11 is 0. The SMILES string of the molecule is CS(=O)(=O)c1ccccc1NCCC1CCNC1. The molecule has 1 aliphatic rings. The summed E-state index contributed by atoms with van der Waals surface area (Å²) in [5, 5.41) is 6.57. The fourth-order valence-electron chi connectivity index (χ4n) is 2.31. The average molecular weight is 268 g/mol. The minimum absolute atomic E-state index is 0.384. The van der Waals surface area contributed by atoms with Crippen LogP contribution in [0, 0.1) is 5.92 Å². The highest BCUT2D eigenvalue weighted by molar-refractivity contribution is 7.90. The maximum atomic E-state index is 11.6. The highest BCUT2D eigenvalue weighted by Crippen LogP contribution is 2.21. The second kappa shape index (κ2) is 5.71. The molecule has 0 aromatic heterocycles. The van der Waals surface area contributed by atoms with Crippen molar-refractivity contribution in [2.45, 2.75) is 17.7 Å². The van der Waals surface area contributed by atoms with Gasteiger partial charge in [0.1, 0.15) is 0 Å². The molecule has 1 atom stereocenters. The molecular weight excluding hydrogens is 248 g/mol. The first-order valence-corrected chi connectivity index (χ1v) is 8.20. The first kappa shape index (κ1) is 13.4. The van der Waals surface area contributed by atoms with Crippen LogP contribution in [-0.4, -0.2) is 34.3 Å². The summed E-state index contributed by atoms with van der Waals surface area (Å²) in [7, 11) is -3.16. The van der Waals surface area contributed by atoms with Crippen LogP contribution in [0.1, 0.15) is 12.8 Å². The van der Waals surface area contributed by atoms with Crippen molar-refractivity contribution in [3.63, 3.8) is 0 Å². The first-order valence-electron chi connectivity index (χ1n) is 6.31. The molecule has 0 spiro atoms. The van der Waals surface area contributed by atoms with Crippen LogP contribution in [0.15, 0.2) is 29.2 Å². The Morgan fingerprint density at radius 1 is 1.39 bits per heavy atom. The van der Waals surface area contributed by atoms with Crippen LogP contribution in [0.5, 0.6) is 0 Å². The predicted octanol–water partition coefficient (Wildman–Crippen LogP) is 1.50. The van der Waals surface area contributed by atoms with E-state index in [-0.39, 0.29) is 0 Å². The Morgan fingerprint density at radius 3 is 2.83 bits per heavy atom. The van der Waals surface area contributed by atoms with E-state index < -0.39 is 9.84 Å². The number of hydrogen-bond donors (Lipinski definition) is 2. The molecule has 5 heteroatoms. The van der Waals surface area contributed by atoms with Gasteiger partial charge in [-0.1, -0.05) is 12.1 Å². The van der Waals surface area contributed by atoms with E-state index in [4.69, 9.17) is 0 Å². The van der Waals surface area contributed by atoms with Gasteiger partial charge in [0.05, 0.1) is 10.6 Å². The third-order valence-electron chi connectivity index (χ3n) is 3.32. The molecule has 1 aromatic rings. The summed E-state index contributed by atoms with van der Waals surface area (Å²) in [5.74, 6) is 0.711. The summed E-state index contributed by atoms with van der Waals surface area (Å²) in [6, 6.07) is 7.08. The van der Waals surface area contributed by atoms with Crippen LogP contribution in [0.2, 0.25) is 0 Å². The van der Waals surface area contributed by atoms with Crippen molar-refractivity contribution in [1.29, 1.82) is 0 Å². The highest BCUT2D eigenvalue weighted by Gasteiger charge is 2.15. The topological polar surface area (TPSA) is 58.2 Å². The van der Waals surface area contributed by atoms with Crippen LogP contribution in [-0.2, 0) is 9.84 Å². The highest BCUT2D eigenvalue weighted by atomic mass is 32.2. The van der Waals surface area contributed by atoms with Gasteiger partial charge in [-0.25, -0.2) is 8.42 Å². The number of nitrogens with one attached hydrogen (secondary N) is 2. The molecule has 100 valence electrons. The Balaban J connectivity index is 1.96. The molecule has 1 saturated heterocycles. The van der Waals surface area contributed by atoms with Gasteiger partial charge in [-0.15, -0.1) is 0 Å². The second-order valence-electron chi connectivity index (χ2n) is 4.84. The molecule has 1 heterocycles. The minimum atomic E-state index is -3.16. The van der Waals surface area contributed by atoms with E-state index in [0.29, 0.717) is 16.5 Å². The fourth-order valence-corrected chi connectivity index (χ4v) is 3.17. The van der Waals surface area contributed by atoms with E-state index in [2.05, 4.69) is 10.6 Å². The standard InChI is InChI=1S/C13H20N2O2S/c1-18(16,17)13-5-3-2-4-12(13)15-9-7-11-6-8-14-10-11/h2-5,11,14-15H,6-10H2,1H3. The van der Waals surface area contributed by atoms with Crippen molar-refractivity contribution in [1.82, 2.24) is 5.32 Å². The zero-order valence-corrected chi connectivity index (χ0v) is 11.5. The monoisotopic (exact) mass is 268 g/mol. The van der Waals surface area contributed by atoms with Crippen LogP contribution in [0.4, 0.5) is 5.69 Å². The Morgan fingerprint density at radius 2 is 2.17 bits per heavy atom.